The van der Waals surface area contributed by atoms with E-state index in [4.69, 9.17) is 5.11 Å². The maximum Gasteiger partial charge on any atom is 0.335 e. The molecule has 0 saturated heterocycles. The predicted molar refractivity (Wildman–Crippen MR) is 78.0 cm³/mol. The molecule has 6 nitrogen and oxygen atoms in total. The second-order valence-corrected chi connectivity index (χ2v) is 4.74. The van der Waals surface area contributed by atoms with E-state index < -0.39 is 5.97 Å². The van der Waals surface area contributed by atoms with Gasteiger partial charge in [-0.25, -0.2) is 4.79 Å². The van der Waals surface area contributed by atoms with Gasteiger partial charge >= 0.3 is 5.97 Å². The second-order valence-electron chi connectivity index (χ2n) is 4.74. The van der Waals surface area contributed by atoms with E-state index in [1.165, 1.54) is 18.0 Å². The third-order valence-corrected chi connectivity index (χ3v) is 2.97. The highest BCUT2D eigenvalue weighted by atomic mass is 16.4. The van der Waals surface area contributed by atoms with E-state index in [1.807, 2.05) is 6.92 Å². The molecular formula is C15H20N2O4. The Kier molecular flexibility index (Phi) is 6.39. The summed E-state index contributed by atoms with van der Waals surface area (Å²) >= 11 is 0. The van der Waals surface area contributed by atoms with Crippen molar-refractivity contribution in [2.24, 2.45) is 0 Å². The van der Waals surface area contributed by atoms with E-state index >= 15 is 0 Å². The van der Waals surface area contributed by atoms with Crippen LogP contribution in [0.15, 0.2) is 24.3 Å². The topological polar surface area (TPSA) is 86.7 Å². The van der Waals surface area contributed by atoms with Crippen LogP contribution in [0.1, 0.15) is 29.3 Å². The molecule has 6 heteroatoms. The molecule has 0 saturated carbocycles. The lowest BCUT2D eigenvalue weighted by Gasteiger charge is -2.17. The number of carboxylic acid groups (broad SMARTS) is 1. The van der Waals surface area contributed by atoms with Crippen molar-refractivity contribution < 1.29 is 19.5 Å². The van der Waals surface area contributed by atoms with Crippen LogP contribution in [-0.4, -0.2) is 47.9 Å². The standard InChI is InChI=1S/C15H20N2O4/c1-3-8-16-13(18)10-17(2)14(19)9-11-6-4-5-7-12(11)15(20)21/h4-7H,3,8-10H2,1-2H3,(H,16,18)(H,20,21). The normalized spacial score (nSPS) is 10.0. The van der Waals surface area contributed by atoms with E-state index in [1.54, 1.807) is 18.2 Å². The number of hydrogen-bond donors (Lipinski definition) is 2. The summed E-state index contributed by atoms with van der Waals surface area (Å²) in [5.74, 6) is -1.59. The first-order valence-electron chi connectivity index (χ1n) is 6.77. The molecule has 1 aromatic carbocycles. The van der Waals surface area contributed by atoms with E-state index in [0.29, 0.717) is 12.1 Å². The number of nitrogens with zero attached hydrogens (tertiary/aromatic N) is 1. The van der Waals surface area contributed by atoms with Crippen LogP contribution in [0.3, 0.4) is 0 Å². The van der Waals surface area contributed by atoms with E-state index in [2.05, 4.69) is 5.32 Å². The van der Waals surface area contributed by atoms with Gasteiger partial charge in [0.1, 0.15) is 0 Å². The fourth-order valence-corrected chi connectivity index (χ4v) is 1.80. The molecule has 114 valence electrons. The van der Waals surface area contributed by atoms with Crippen LogP contribution in [0.2, 0.25) is 0 Å². The summed E-state index contributed by atoms with van der Waals surface area (Å²) in [6, 6.07) is 6.35. The van der Waals surface area contributed by atoms with Gasteiger partial charge in [0.15, 0.2) is 0 Å². The minimum Gasteiger partial charge on any atom is -0.478 e. The van der Waals surface area contributed by atoms with Crippen molar-refractivity contribution in [1.82, 2.24) is 10.2 Å². The fraction of sp³-hybridized carbons (Fsp3) is 0.400. The predicted octanol–water partition coefficient (Wildman–Crippen LogP) is 0.912. The number of benzene rings is 1. The zero-order valence-corrected chi connectivity index (χ0v) is 12.3. The Labute approximate surface area is 123 Å². The number of amides is 2. The molecule has 0 aliphatic carbocycles. The number of carbonyl (C=O) groups excluding carboxylic acids is 2. The summed E-state index contributed by atoms with van der Waals surface area (Å²) in [7, 11) is 1.53. The van der Waals surface area contributed by atoms with Gasteiger partial charge in [-0.15, -0.1) is 0 Å². The Morgan fingerprint density at radius 3 is 2.52 bits per heavy atom. The molecule has 0 bridgehead atoms. The number of aromatic carboxylic acids is 1. The third kappa shape index (κ3) is 5.25. The molecule has 2 amide bonds. The highest BCUT2D eigenvalue weighted by Gasteiger charge is 2.16. The summed E-state index contributed by atoms with van der Waals surface area (Å²) in [6.07, 6.45) is 0.787. The van der Waals surface area contributed by atoms with E-state index in [-0.39, 0.29) is 30.3 Å². The Morgan fingerprint density at radius 1 is 1.24 bits per heavy atom. The monoisotopic (exact) mass is 292 g/mol. The number of hydrogen-bond acceptors (Lipinski definition) is 3. The molecule has 1 aromatic rings. The molecule has 2 N–H and O–H groups in total. The zero-order valence-electron chi connectivity index (χ0n) is 12.3. The van der Waals surface area contributed by atoms with Crippen molar-refractivity contribution in [2.75, 3.05) is 20.1 Å². The number of nitrogens with one attached hydrogen (secondary N) is 1. The van der Waals surface area contributed by atoms with Gasteiger partial charge in [-0.1, -0.05) is 25.1 Å². The lowest BCUT2D eigenvalue weighted by Crippen LogP contribution is -2.39. The van der Waals surface area contributed by atoms with Crippen LogP contribution >= 0.6 is 0 Å². The van der Waals surface area contributed by atoms with Gasteiger partial charge in [0.2, 0.25) is 11.8 Å². The first-order chi connectivity index (χ1) is 9.95. The Balaban J connectivity index is 2.64. The molecule has 21 heavy (non-hydrogen) atoms. The van der Waals surface area contributed by atoms with Crippen molar-refractivity contribution in [3.63, 3.8) is 0 Å². The van der Waals surface area contributed by atoms with Crippen LogP contribution in [0, 0.1) is 0 Å². The molecule has 1 rings (SSSR count). The number of carboxylic acids is 1. The average Bonchev–Trinajstić information content (AvgIpc) is 2.45. The molecular weight excluding hydrogens is 272 g/mol. The van der Waals surface area contributed by atoms with Gasteiger partial charge in [-0.05, 0) is 18.1 Å². The molecule has 0 aliphatic heterocycles. The maximum atomic E-state index is 12.0. The lowest BCUT2D eigenvalue weighted by atomic mass is 10.0. The Bertz CT molecular complexity index is 528. The van der Waals surface area contributed by atoms with Gasteiger partial charge in [0.05, 0.1) is 18.5 Å². The highest BCUT2D eigenvalue weighted by molar-refractivity contribution is 5.92. The Hall–Kier alpha value is -2.37. The Morgan fingerprint density at radius 2 is 1.90 bits per heavy atom. The number of rotatable bonds is 7. The van der Waals surface area contributed by atoms with Gasteiger partial charge in [0, 0.05) is 13.6 Å². The zero-order chi connectivity index (χ0) is 15.8. The van der Waals surface area contributed by atoms with Crippen molar-refractivity contribution >= 4 is 17.8 Å². The third-order valence-electron chi connectivity index (χ3n) is 2.97. The summed E-state index contributed by atoms with van der Waals surface area (Å²) in [6.45, 7) is 2.48. The van der Waals surface area contributed by atoms with Crippen LogP contribution < -0.4 is 5.32 Å². The smallest absolute Gasteiger partial charge is 0.335 e. The second kappa shape index (κ2) is 8.04. The van der Waals surface area contributed by atoms with Crippen molar-refractivity contribution in [3.05, 3.63) is 35.4 Å². The molecule has 0 atom stereocenters. The minimum atomic E-state index is -1.07. The number of carbonyl (C=O) groups is 3. The van der Waals surface area contributed by atoms with E-state index in [9.17, 15) is 14.4 Å². The van der Waals surface area contributed by atoms with Crippen LogP contribution in [-0.2, 0) is 16.0 Å². The molecule has 0 radical (unpaired) electrons. The summed E-state index contributed by atoms with van der Waals surface area (Å²) < 4.78 is 0. The molecule has 0 unspecified atom stereocenters. The van der Waals surface area contributed by atoms with Crippen LogP contribution in [0.5, 0.6) is 0 Å². The molecule has 0 heterocycles. The summed E-state index contributed by atoms with van der Waals surface area (Å²) in [5.41, 5.74) is 0.547. The van der Waals surface area contributed by atoms with Gasteiger partial charge in [0.25, 0.3) is 0 Å². The van der Waals surface area contributed by atoms with Crippen molar-refractivity contribution in [3.8, 4) is 0 Å². The molecule has 0 aliphatic rings. The molecule has 0 fully saturated rings. The van der Waals surface area contributed by atoms with Crippen molar-refractivity contribution in [2.45, 2.75) is 19.8 Å². The molecule has 0 spiro atoms. The van der Waals surface area contributed by atoms with Crippen LogP contribution in [0.25, 0.3) is 0 Å². The first-order valence-corrected chi connectivity index (χ1v) is 6.77. The SMILES string of the molecule is CCCNC(=O)CN(C)C(=O)Cc1ccccc1C(=O)O. The van der Waals surface area contributed by atoms with Gasteiger partial charge in [-0.3, -0.25) is 9.59 Å². The van der Waals surface area contributed by atoms with E-state index in [0.717, 1.165) is 6.42 Å². The van der Waals surface area contributed by atoms with Crippen LogP contribution in [0.4, 0.5) is 0 Å². The summed E-state index contributed by atoms with van der Waals surface area (Å²) in [4.78, 5) is 36.0. The largest absolute Gasteiger partial charge is 0.478 e. The first kappa shape index (κ1) is 16.7. The fourth-order valence-electron chi connectivity index (χ4n) is 1.80. The number of likely N-dealkylation sites (N-methyl/N-ethyl adjacent to an activating group) is 1. The lowest BCUT2D eigenvalue weighted by molar-refractivity contribution is -0.134. The minimum absolute atomic E-state index is 0.0337. The highest BCUT2D eigenvalue weighted by Crippen LogP contribution is 2.10. The van der Waals surface area contributed by atoms with Gasteiger partial charge in [-0.2, -0.15) is 0 Å². The average molecular weight is 292 g/mol. The quantitative estimate of drug-likeness (QED) is 0.782. The van der Waals surface area contributed by atoms with Gasteiger partial charge < -0.3 is 15.3 Å². The maximum absolute atomic E-state index is 12.0. The molecule has 0 aromatic heterocycles. The van der Waals surface area contributed by atoms with Crippen molar-refractivity contribution in [1.29, 1.82) is 0 Å². The summed E-state index contributed by atoms with van der Waals surface area (Å²) in [5, 5.41) is 11.8.